The lowest BCUT2D eigenvalue weighted by atomic mass is 10.2. The number of benzene rings is 1. The van der Waals surface area contributed by atoms with Gasteiger partial charge in [-0.3, -0.25) is 4.18 Å². The van der Waals surface area contributed by atoms with Crippen molar-refractivity contribution < 1.29 is 17.7 Å². The van der Waals surface area contributed by atoms with Crippen LogP contribution in [0.15, 0.2) is 34.3 Å². The standard InChI is InChI=1S/C11H15N3O4S/c1-9-2-4-11(5-3-9)19(16,17)18-7-6-10(15)8-13-14-12/h2-5,10,15H,6-8H2,1H3/t10-/m1/s1. The largest absolute Gasteiger partial charge is 0.393 e. The van der Waals surface area contributed by atoms with Crippen molar-refractivity contribution in [1.29, 1.82) is 0 Å². The van der Waals surface area contributed by atoms with Gasteiger partial charge in [0.25, 0.3) is 10.1 Å². The van der Waals surface area contributed by atoms with E-state index in [1.807, 2.05) is 6.92 Å². The van der Waals surface area contributed by atoms with Crippen LogP contribution >= 0.6 is 0 Å². The Labute approximate surface area is 111 Å². The molecule has 1 aromatic carbocycles. The molecular formula is C11H15N3O4S. The van der Waals surface area contributed by atoms with Crippen LogP contribution in [-0.4, -0.2) is 32.8 Å². The lowest BCUT2D eigenvalue weighted by Gasteiger charge is -2.08. The van der Waals surface area contributed by atoms with Gasteiger partial charge in [-0.1, -0.05) is 22.8 Å². The van der Waals surface area contributed by atoms with Crippen LogP contribution in [-0.2, 0) is 14.3 Å². The predicted molar refractivity (Wildman–Crippen MR) is 69.0 cm³/mol. The molecule has 1 aromatic rings. The van der Waals surface area contributed by atoms with Crippen molar-refractivity contribution in [3.63, 3.8) is 0 Å². The van der Waals surface area contributed by atoms with E-state index in [0.717, 1.165) is 5.56 Å². The van der Waals surface area contributed by atoms with Gasteiger partial charge >= 0.3 is 0 Å². The molecule has 0 bridgehead atoms. The van der Waals surface area contributed by atoms with Gasteiger partial charge in [0.2, 0.25) is 0 Å². The minimum Gasteiger partial charge on any atom is -0.393 e. The Balaban J connectivity index is 2.52. The summed E-state index contributed by atoms with van der Waals surface area (Å²) >= 11 is 0. The SMILES string of the molecule is Cc1ccc(S(=O)(=O)OCC[C@@H](O)CN=[N+]=[N-])cc1. The average Bonchev–Trinajstić information content (AvgIpc) is 2.36. The van der Waals surface area contributed by atoms with E-state index in [1.165, 1.54) is 12.1 Å². The van der Waals surface area contributed by atoms with Crippen LogP contribution < -0.4 is 0 Å². The second kappa shape index (κ2) is 7.10. The van der Waals surface area contributed by atoms with Gasteiger partial charge < -0.3 is 5.11 Å². The molecule has 0 aliphatic carbocycles. The van der Waals surface area contributed by atoms with Gasteiger partial charge in [0.1, 0.15) is 0 Å². The summed E-state index contributed by atoms with van der Waals surface area (Å²) in [5.74, 6) is 0. The Hall–Kier alpha value is -1.60. The molecule has 0 aromatic heterocycles. The first kappa shape index (κ1) is 15.5. The van der Waals surface area contributed by atoms with Crippen LogP contribution in [0.25, 0.3) is 10.4 Å². The molecular weight excluding hydrogens is 270 g/mol. The van der Waals surface area contributed by atoms with Crippen LogP contribution in [0.4, 0.5) is 0 Å². The number of azide groups is 1. The molecule has 0 amide bonds. The molecule has 1 rings (SSSR count). The Bertz CT molecular complexity index is 550. The summed E-state index contributed by atoms with van der Waals surface area (Å²) in [4.78, 5) is 2.57. The van der Waals surface area contributed by atoms with Crippen molar-refractivity contribution in [2.75, 3.05) is 13.2 Å². The number of aliphatic hydroxyl groups is 1. The summed E-state index contributed by atoms with van der Waals surface area (Å²) in [5.41, 5.74) is 9.01. The first-order valence-corrected chi connectivity index (χ1v) is 7.01. The van der Waals surface area contributed by atoms with E-state index in [1.54, 1.807) is 12.1 Å². The van der Waals surface area contributed by atoms with E-state index >= 15 is 0 Å². The molecule has 7 nitrogen and oxygen atoms in total. The maximum atomic E-state index is 11.8. The van der Waals surface area contributed by atoms with Gasteiger partial charge in [0.15, 0.2) is 0 Å². The minimum atomic E-state index is -3.81. The first-order chi connectivity index (χ1) is 8.95. The van der Waals surface area contributed by atoms with Crippen molar-refractivity contribution in [1.82, 2.24) is 0 Å². The maximum Gasteiger partial charge on any atom is 0.296 e. The van der Waals surface area contributed by atoms with E-state index in [4.69, 9.17) is 9.71 Å². The second-order valence-electron chi connectivity index (χ2n) is 3.95. The van der Waals surface area contributed by atoms with E-state index in [2.05, 4.69) is 10.0 Å². The molecule has 1 N–H and O–H groups in total. The van der Waals surface area contributed by atoms with Crippen LogP contribution in [0, 0.1) is 6.92 Å². The highest BCUT2D eigenvalue weighted by Gasteiger charge is 2.15. The van der Waals surface area contributed by atoms with Crippen molar-refractivity contribution in [2.45, 2.75) is 24.3 Å². The number of hydrogen-bond acceptors (Lipinski definition) is 5. The van der Waals surface area contributed by atoms with Gasteiger partial charge in [-0.25, -0.2) is 0 Å². The predicted octanol–water partition coefficient (Wildman–Crippen LogP) is 1.76. The zero-order valence-electron chi connectivity index (χ0n) is 10.4. The van der Waals surface area contributed by atoms with E-state index < -0.39 is 16.2 Å². The number of rotatable bonds is 7. The summed E-state index contributed by atoms with van der Waals surface area (Å²) in [6, 6.07) is 6.27. The molecule has 0 unspecified atom stereocenters. The lowest BCUT2D eigenvalue weighted by Crippen LogP contribution is -2.16. The minimum absolute atomic E-state index is 0.0719. The van der Waals surface area contributed by atoms with Crippen LogP contribution in [0.2, 0.25) is 0 Å². The van der Waals surface area contributed by atoms with Crippen LogP contribution in [0.1, 0.15) is 12.0 Å². The van der Waals surface area contributed by atoms with E-state index in [9.17, 15) is 13.5 Å². The van der Waals surface area contributed by atoms with E-state index in [0.29, 0.717) is 0 Å². The molecule has 0 spiro atoms. The highest BCUT2D eigenvalue weighted by atomic mass is 32.2. The van der Waals surface area contributed by atoms with E-state index in [-0.39, 0.29) is 24.5 Å². The normalized spacial score (nSPS) is 12.7. The topological polar surface area (TPSA) is 112 Å². The highest BCUT2D eigenvalue weighted by Crippen LogP contribution is 2.13. The monoisotopic (exact) mass is 285 g/mol. The molecule has 0 heterocycles. The van der Waals surface area contributed by atoms with Gasteiger partial charge in [-0.05, 0) is 31.0 Å². The molecule has 8 heteroatoms. The van der Waals surface area contributed by atoms with Crippen molar-refractivity contribution in [3.8, 4) is 0 Å². The number of aryl methyl sites for hydroxylation is 1. The molecule has 0 saturated heterocycles. The van der Waals surface area contributed by atoms with Gasteiger partial charge in [-0.2, -0.15) is 8.42 Å². The molecule has 0 radical (unpaired) electrons. The summed E-state index contributed by atoms with van der Waals surface area (Å²) in [6.07, 6.45) is -0.839. The number of hydrogen-bond donors (Lipinski definition) is 1. The number of nitrogens with zero attached hydrogens (tertiary/aromatic N) is 3. The van der Waals surface area contributed by atoms with Gasteiger partial charge in [0, 0.05) is 4.91 Å². The quantitative estimate of drug-likeness (QED) is 0.356. The molecule has 0 aliphatic rings. The lowest BCUT2D eigenvalue weighted by molar-refractivity contribution is 0.148. The molecule has 0 fully saturated rings. The first-order valence-electron chi connectivity index (χ1n) is 5.61. The smallest absolute Gasteiger partial charge is 0.296 e. The highest BCUT2D eigenvalue weighted by molar-refractivity contribution is 7.86. The zero-order valence-corrected chi connectivity index (χ0v) is 11.2. The molecule has 104 valence electrons. The summed E-state index contributed by atoms with van der Waals surface area (Å²) < 4.78 is 28.3. The Kier molecular flexibility index (Phi) is 5.78. The maximum absolute atomic E-state index is 11.8. The number of aliphatic hydroxyl groups excluding tert-OH is 1. The molecule has 19 heavy (non-hydrogen) atoms. The molecule has 0 saturated carbocycles. The summed E-state index contributed by atoms with van der Waals surface area (Å²) in [5, 5.41) is 12.5. The second-order valence-corrected chi connectivity index (χ2v) is 5.56. The third-order valence-corrected chi connectivity index (χ3v) is 3.68. The Morgan fingerprint density at radius 1 is 1.42 bits per heavy atom. The van der Waals surface area contributed by atoms with Crippen molar-refractivity contribution >= 4 is 10.1 Å². The van der Waals surface area contributed by atoms with Crippen molar-refractivity contribution in [3.05, 3.63) is 40.3 Å². The van der Waals surface area contributed by atoms with Gasteiger partial charge in [0.05, 0.1) is 24.2 Å². The van der Waals surface area contributed by atoms with Crippen LogP contribution in [0.5, 0.6) is 0 Å². The molecule has 0 aliphatic heterocycles. The van der Waals surface area contributed by atoms with Crippen molar-refractivity contribution in [2.24, 2.45) is 5.11 Å². The summed E-state index contributed by atoms with van der Waals surface area (Å²) in [6.45, 7) is 1.58. The Morgan fingerprint density at radius 3 is 2.63 bits per heavy atom. The fourth-order valence-corrected chi connectivity index (χ4v) is 2.21. The fourth-order valence-electron chi connectivity index (χ4n) is 1.29. The third-order valence-electron chi connectivity index (χ3n) is 2.35. The zero-order chi connectivity index (χ0) is 14.3. The molecule has 1 atom stereocenters. The summed E-state index contributed by atoms with van der Waals surface area (Å²) in [7, 11) is -3.81. The fraction of sp³-hybridized carbons (Fsp3) is 0.455. The van der Waals surface area contributed by atoms with Gasteiger partial charge in [-0.15, -0.1) is 0 Å². The Morgan fingerprint density at radius 2 is 2.05 bits per heavy atom. The third kappa shape index (κ3) is 5.27. The van der Waals surface area contributed by atoms with Crippen LogP contribution in [0.3, 0.4) is 0 Å². The average molecular weight is 285 g/mol.